The first-order chi connectivity index (χ1) is 20.6. The molecule has 7 nitrogen and oxygen atoms in total. The van der Waals surface area contributed by atoms with Crippen molar-refractivity contribution in [1.82, 2.24) is 19.4 Å². The maximum atomic E-state index is 14.8. The number of ether oxygens (including phenoxy) is 1. The molecule has 8 heteroatoms. The molecular formula is C33H37FN4O3. The molecule has 4 aromatic rings. The van der Waals surface area contributed by atoms with E-state index >= 15 is 0 Å². The Morgan fingerprint density at radius 1 is 1.27 bits per heavy atom. The van der Waals surface area contributed by atoms with Crippen LogP contribution >= 0.6 is 0 Å². The van der Waals surface area contributed by atoms with Gasteiger partial charge in [0, 0.05) is 35.0 Å². The van der Waals surface area contributed by atoms with E-state index in [0.29, 0.717) is 28.3 Å². The smallest absolute Gasteiger partial charge is 0.317 e. The number of phenols is 1. The lowest BCUT2D eigenvalue weighted by Crippen LogP contribution is -2.31. The Labute approximate surface area is 242 Å². The monoisotopic (exact) mass is 558 g/mol. The molecule has 2 aromatic carbocycles. The van der Waals surface area contributed by atoms with Gasteiger partial charge in [-0.05, 0) is 62.9 Å². The molecule has 0 radical (unpaired) electrons. The van der Waals surface area contributed by atoms with Gasteiger partial charge in [0.15, 0.2) is 0 Å². The van der Waals surface area contributed by atoms with Crippen LogP contribution in [0.15, 0.2) is 41.3 Å². The van der Waals surface area contributed by atoms with Gasteiger partial charge in [-0.25, -0.2) is 4.39 Å². The standard InChI is InChI=1S/C33H37FN4O3/c1-5-8-9-11-21(6-2)30-26-15-17-38(28-19-24(39)18-22-13-14-27(34)25(7-3)29(22)28)32(40)31(26)36-33(35-30)41-20-23-12-10-16-37(23)4/h3,13-15,17-19,21,23,39H,5-6,8-12,16,20H2,1-2,4H3/t21?,23-/m0/s1/i20D2. The van der Waals surface area contributed by atoms with Crippen molar-refractivity contribution in [3.63, 3.8) is 0 Å². The van der Waals surface area contributed by atoms with Gasteiger partial charge in [0.2, 0.25) is 0 Å². The number of rotatable bonds is 10. The van der Waals surface area contributed by atoms with Gasteiger partial charge in [0.25, 0.3) is 5.56 Å². The molecule has 2 aromatic heterocycles. The van der Waals surface area contributed by atoms with Crippen LogP contribution in [0.3, 0.4) is 0 Å². The molecule has 2 atom stereocenters. The Morgan fingerprint density at radius 3 is 2.80 bits per heavy atom. The average molecular weight is 559 g/mol. The number of nitrogens with zero attached hydrogens (tertiary/aromatic N) is 4. The minimum absolute atomic E-state index is 0.00147. The summed E-state index contributed by atoms with van der Waals surface area (Å²) in [6.45, 7) is 2.87. The van der Waals surface area contributed by atoms with Crippen LogP contribution in [0.4, 0.5) is 4.39 Å². The molecule has 0 amide bonds. The quantitative estimate of drug-likeness (QED) is 0.182. The topological polar surface area (TPSA) is 80.5 Å². The molecule has 1 N–H and O–H groups in total. The number of likely N-dealkylation sites (tertiary alicyclic amines) is 1. The SMILES string of the molecule is [2H]C([2H])(Oc1nc(C(CC)CCCCC)c2ccn(-c3cc(O)cc4ccc(F)c(C#C)c34)c(=O)c2n1)[C@@H]1CCCN1C. The molecule has 0 spiro atoms. The van der Waals surface area contributed by atoms with E-state index in [1.165, 1.54) is 28.8 Å². The lowest BCUT2D eigenvalue weighted by atomic mass is 9.93. The third-order valence-corrected chi connectivity index (χ3v) is 8.04. The van der Waals surface area contributed by atoms with Gasteiger partial charge in [-0.15, -0.1) is 6.42 Å². The second-order valence-corrected chi connectivity index (χ2v) is 10.7. The van der Waals surface area contributed by atoms with Crippen molar-refractivity contribution in [1.29, 1.82) is 0 Å². The summed E-state index contributed by atoms with van der Waals surface area (Å²) in [5.41, 5.74) is 0.307. The fraction of sp³-hybridized carbons (Fsp3) is 0.424. The summed E-state index contributed by atoms with van der Waals surface area (Å²) >= 11 is 0. The zero-order valence-corrected chi connectivity index (χ0v) is 23.8. The molecule has 5 rings (SSSR count). The zero-order valence-electron chi connectivity index (χ0n) is 25.8. The average Bonchev–Trinajstić information content (AvgIpc) is 3.42. The number of aromatic nitrogens is 3. The number of fused-ring (bicyclic) bond motifs is 2. The van der Waals surface area contributed by atoms with Gasteiger partial charge < -0.3 is 14.7 Å². The van der Waals surface area contributed by atoms with Gasteiger partial charge in [-0.1, -0.05) is 45.1 Å². The first-order valence-electron chi connectivity index (χ1n) is 15.3. The third-order valence-electron chi connectivity index (χ3n) is 8.04. The van der Waals surface area contributed by atoms with Crippen molar-refractivity contribution in [2.24, 2.45) is 0 Å². The van der Waals surface area contributed by atoms with Crippen molar-refractivity contribution in [3.05, 3.63) is 64.0 Å². The maximum absolute atomic E-state index is 14.8. The lowest BCUT2D eigenvalue weighted by Gasteiger charge is -2.21. The molecule has 1 aliphatic rings. The highest BCUT2D eigenvalue weighted by molar-refractivity contribution is 5.97. The molecule has 1 fully saturated rings. The summed E-state index contributed by atoms with van der Waals surface area (Å²) < 4.78 is 39.4. The van der Waals surface area contributed by atoms with Crippen LogP contribution in [0.5, 0.6) is 11.8 Å². The summed E-state index contributed by atoms with van der Waals surface area (Å²) in [5.74, 6) is 1.65. The van der Waals surface area contributed by atoms with Crippen LogP contribution in [-0.2, 0) is 0 Å². The summed E-state index contributed by atoms with van der Waals surface area (Å²) in [7, 11) is 1.86. The Balaban J connectivity index is 1.73. The number of unbranched alkanes of at least 4 members (excludes halogenated alkanes) is 2. The number of halogens is 1. The molecular weight excluding hydrogens is 519 g/mol. The van der Waals surface area contributed by atoms with E-state index < -0.39 is 24.0 Å². The predicted octanol–water partition coefficient (Wildman–Crippen LogP) is 6.31. The van der Waals surface area contributed by atoms with Gasteiger partial charge in [0.1, 0.15) is 23.6 Å². The van der Waals surface area contributed by atoms with Crippen LogP contribution < -0.4 is 10.3 Å². The summed E-state index contributed by atoms with van der Waals surface area (Å²) in [6.07, 6.45) is 13.4. The fourth-order valence-corrected chi connectivity index (χ4v) is 5.76. The van der Waals surface area contributed by atoms with Crippen molar-refractivity contribution in [3.8, 4) is 29.8 Å². The molecule has 3 heterocycles. The highest BCUT2D eigenvalue weighted by Crippen LogP contribution is 2.33. The Kier molecular flexibility index (Phi) is 7.78. The van der Waals surface area contributed by atoms with Gasteiger partial charge in [0.05, 0.1) is 19.7 Å². The normalized spacial score (nSPS) is 17.4. The van der Waals surface area contributed by atoms with Crippen molar-refractivity contribution < 1.29 is 17.0 Å². The number of hydrogen-bond acceptors (Lipinski definition) is 6. The molecule has 0 saturated carbocycles. The number of hydrogen-bond donors (Lipinski definition) is 1. The minimum atomic E-state index is -2.09. The maximum Gasteiger partial charge on any atom is 0.317 e. The van der Waals surface area contributed by atoms with Gasteiger partial charge >= 0.3 is 6.01 Å². The minimum Gasteiger partial charge on any atom is -0.508 e. The number of benzene rings is 2. The van der Waals surface area contributed by atoms with Crippen LogP contribution in [0.2, 0.25) is 0 Å². The number of terminal acetylenes is 1. The second kappa shape index (κ2) is 12.3. The lowest BCUT2D eigenvalue weighted by molar-refractivity contribution is 0.187. The molecule has 214 valence electrons. The summed E-state index contributed by atoms with van der Waals surface area (Å²) in [5, 5.41) is 11.8. The van der Waals surface area contributed by atoms with E-state index in [0.717, 1.165) is 45.1 Å². The van der Waals surface area contributed by atoms with E-state index in [1.54, 1.807) is 12.3 Å². The Bertz CT molecular complexity index is 1770. The van der Waals surface area contributed by atoms with Gasteiger partial charge in [-0.2, -0.15) is 9.97 Å². The molecule has 0 bridgehead atoms. The highest BCUT2D eigenvalue weighted by Gasteiger charge is 2.24. The van der Waals surface area contributed by atoms with Crippen molar-refractivity contribution in [2.45, 2.75) is 70.8 Å². The Morgan fingerprint density at radius 2 is 2.10 bits per heavy atom. The zero-order chi connectivity index (χ0) is 30.9. The predicted molar refractivity (Wildman–Crippen MR) is 161 cm³/mol. The van der Waals surface area contributed by atoms with E-state index in [2.05, 4.69) is 24.8 Å². The molecule has 1 unspecified atom stereocenters. The highest BCUT2D eigenvalue weighted by atomic mass is 19.1. The van der Waals surface area contributed by atoms with Crippen LogP contribution in [-0.4, -0.2) is 50.7 Å². The summed E-state index contributed by atoms with van der Waals surface area (Å²) in [6, 6.07) is 6.61. The number of likely N-dealkylation sites (N-methyl/N-ethyl adjacent to an activating group) is 1. The van der Waals surface area contributed by atoms with E-state index in [-0.39, 0.29) is 34.4 Å². The van der Waals surface area contributed by atoms with Crippen molar-refractivity contribution >= 4 is 21.7 Å². The second-order valence-electron chi connectivity index (χ2n) is 10.7. The van der Waals surface area contributed by atoms with Crippen LogP contribution in [0.1, 0.15) is 78.7 Å². The number of pyridine rings is 1. The first-order valence-corrected chi connectivity index (χ1v) is 14.3. The van der Waals surface area contributed by atoms with Crippen molar-refractivity contribution in [2.75, 3.05) is 20.2 Å². The van der Waals surface area contributed by atoms with E-state index in [1.807, 2.05) is 11.9 Å². The Hall–Kier alpha value is -3.96. The molecule has 41 heavy (non-hydrogen) atoms. The van der Waals surface area contributed by atoms with Gasteiger partial charge in [-0.3, -0.25) is 9.36 Å². The van der Waals surface area contributed by atoms with E-state index in [9.17, 15) is 14.3 Å². The molecule has 1 aliphatic heterocycles. The first kappa shape index (κ1) is 26.0. The fourth-order valence-electron chi connectivity index (χ4n) is 5.76. The van der Waals surface area contributed by atoms with Crippen LogP contribution in [0.25, 0.3) is 27.4 Å². The summed E-state index contributed by atoms with van der Waals surface area (Å²) in [4.78, 5) is 25.3. The molecule has 1 saturated heterocycles. The van der Waals surface area contributed by atoms with Crippen LogP contribution in [0, 0.1) is 18.2 Å². The largest absolute Gasteiger partial charge is 0.508 e. The number of aromatic hydroxyl groups is 1. The third kappa shape index (κ3) is 5.64. The number of phenolic OH excluding ortho intramolecular Hbond substituents is 1. The molecule has 0 aliphatic carbocycles. The van der Waals surface area contributed by atoms with E-state index in [4.69, 9.17) is 18.9 Å².